The van der Waals surface area contributed by atoms with Gasteiger partial charge in [0.15, 0.2) is 5.78 Å². The lowest BCUT2D eigenvalue weighted by atomic mass is 9.74. The van der Waals surface area contributed by atoms with E-state index in [1.165, 1.54) is 9.56 Å². The number of thiophene rings is 1. The number of fused-ring (bicyclic) bond motifs is 1. The minimum absolute atomic E-state index is 0.0377. The quantitative estimate of drug-likeness (QED) is 0.289. The number of Topliss-reactive ketones (excluding diaryl/α,β-unsaturated/α-hetero) is 1. The van der Waals surface area contributed by atoms with Crippen LogP contribution < -0.4 is 10.9 Å². The summed E-state index contributed by atoms with van der Waals surface area (Å²) in [6, 6.07) is 16.3. The predicted octanol–water partition coefficient (Wildman–Crippen LogP) is 7.15. The van der Waals surface area contributed by atoms with E-state index < -0.39 is 5.92 Å². The van der Waals surface area contributed by atoms with Gasteiger partial charge in [0.05, 0.1) is 16.3 Å². The molecule has 2 aliphatic rings. The first-order chi connectivity index (χ1) is 16.9. The summed E-state index contributed by atoms with van der Waals surface area (Å²) in [7, 11) is 0. The first kappa shape index (κ1) is 22.7. The summed E-state index contributed by atoms with van der Waals surface area (Å²) in [4.78, 5) is 28.6. The summed E-state index contributed by atoms with van der Waals surface area (Å²) >= 11 is 20.4. The number of anilines is 1. The van der Waals surface area contributed by atoms with Gasteiger partial charge in [-0.1, -0.05) is 53.0 Å². The van der Waals surface area contributed by atoms with Gasteiger partial charge in [-0.2, -0.15) is 0 Å². The van der Waals surface area contributed by atoms with E-state index in [1.807, 2.05) is 23.6 Å². The lowest BCUT2D eigenvalue weighted by Gasteiger charge is -2.34. The Morgan fingerprint density at radius 1 is 0.943 bits per heavy atom. The molecule has 1 aliphatic carbocycles. The van der Waals surface area contributed by atoms with Crippen molar-refractivity contribution in [2.45, 2.75) is 24.7 Å². The maximum atomic E-state index is 13.8. The minimum atomic E-state index is -0.529. The van der Waals surface area contributed by atoms with Gasteiger partial charge in [-0.25, -0.2) is 4.68 Å². The van der Waals surface area contributed by atoms with Crippen LogP contribution in [0.4, 0.5) is 5.82 Å². The average molecular weight is 543 g/mol. The molecule has 0 radical (unpaired) electrons. The average Bonchev–Trinajstić information content (AvgIpc) is 3.49. The Hall–Kier alpha value is -2.77. The first-order valence-electron chi connectivity index (χ1n) is 11.0. The fraction of sp³-hybridized carbons (Fsp3) is 0.154. The van der Waals surface area contributed by atoms with Crippen molar-refractivity contribution in [3.8, 4) is 5.69 Å². The smallest absolute Gasteiger partial charge is 0.277 e. The SMILES string of the molecule is O=C1C[C@H](c2cccs2)CC2=C1[C@@H](c1ccc(Cl)cc1)c1c([nH]n(-c3cc(Cl)ccc3Cl)c1=O)N2. The number of H-pyrrole nitrogens is 1. The summed E-state index contributed by atoms with van der Waals surface area (Å²) < 4.78 is 1.38. The number of nitrogens with zero attached hydrogens (tertiary/aromatic N) is 1. The van der Waals surface area contributed by atoms with Crippen LogP contribution >= 0.6 is 46.1 Å². The molecular weight excluding hydrogens is 525 g/mol. The van der Waals surface area contributed by atoms with Gasteiger partial charge in [0.2, 0.25) is 0 Å². The molecule has 0 amide bonds. The number of aromatic nitrogens is 2. The highest BCUT2D eigenvalue weighted by atomic mass is 35.5. The lowest BCUT2D eigenvalue weighted by Crippen LogP contribution is -2.31. The topological polar surface area (TPSA) is 66.9 Å². The Morgan fingerprint density at radius 2 is 1.71 bits per heavy atom. The van der Waals surface area contributed by atoms with E-state index in [9.17, 15) is 9.59 Å². The van der Waals surface area contributed by atoms with Gasteiger partial charge in [-0.05, 0) is 53.8 Å². The Kier molecular flexibility index (Phi) is 5.65. The molecule has 4 aromatic rings. The molecule has 2 atom stereocenters. The third kappa shape index (κ3) is 3.85. The highest BCUT2D eigenvalue weighted by Crippen LogP contribution is 2.47. The highest BCUT2D eigenvalue weighted by molar-refractivity contribution is 7.10. The van der Waals surface area contributed by atoms with Crippen LogP contribution in [0.2, 0.25) is 15.1 Å². The van der Waals surface area contributed by atoms with Crippen molar-refractivity contribution in [1.29, 1.82) is 0 Å². The number of rotatable bonds is 3. The molecule has 1 aliphatic heterocycles. The second kappa shape index (κ2) is 8.71. The highest BCUT2D eigenvalue weighted by Gasteiger charge is 2.41. The number of nitrogens with one attached hydrogen (secondary N) is 2. The van der Waals surface area contributed by atoms with Gasteiger partial charge in [0.25, 0.3) is 5.56 Å². The zero-order valence-corrected chi connectivity index (χ0v) is 21.2. The molecule has 0 fully saturated rings. The maximum Gasteiger partial charge on any atom is 0.277 e. The number of benzene rings is 2. The van der Waals surface area contributed by atoms with E-state index in [0.717, 1.165) is 11.3 Å². The van der Waals surface area contributed by atoms with Crippen molar-refractivity contribution < 1.29 is 4.79 Å². The molecular formula is C26H18Cl3N3O2S. The zero-order chi connectivity index (χ0) is 24.3. The van der Waals surface area contributed by atoms with E-state index in [0.29, 0.717) is 50.6 Å². The molecule has 0 saturated carbocycles. The van der Waals surface area contributed by atoms with Crippen molar-refractivity contribution in [2.75, 3.05) is 5.32 Å². The van der Waals surface area contributed by atoms with Crippen LogP contribution in [-0.4, -0.2) is 15.6 Å². The number of ketones is 1. The van der Waals surface area contributed by atoms with E-state index in [-0.39, 0.29) is 17.3 Å². The van der Waals surface area contributed by atoms with E-state index >= 15 is 0 Å². The number of hydrogen-bond acceptors (Lipinski definition) is 4. The van der Waals surface area contributed by atoms with E-state index in [2.05, 4.69) is 16.5 Å². The second-order valence-electron chi connectivity index (χ2n) is 8.68. The summed E-state index contributed by atoms with van der Waals surface area (Å²) in [5.41, 5.74) is 2.90. The number of halogens is 3. The van der Waals surface area contributed by atoms with E-state index in [4.69, 9.17) is 34.8 Å². The molecule has 2 N–H and O–H groups in total. The molecule has 35 heavy (non-hydrogen) atoms. The lowest BCUT2D eigenvalue weighted by molar-refractivity contribution is -0.116. The zero-order valence-electron chi connectivity index (χ0n) is 18.1. The summed E-state index contributed by atoms with van der Waals surface area (Å²) in [5.74, 6) is 0.149. The maximum absolute atomic E-state index is 13.8. The Morgan fingerprint density at radius 3 is 2.46 bits per heavy atom. The van der Waals surface area contributed by atoms with E-state index in [1.54, 1.807) is 41.7 Å². The number of carbonyl (C=O) groups excluding carboxylic acids is 1. The largest absolute Gasteiger partial charge is 0.343 e. The third-order valence-corrected chi connectivity index (χ3v) is 8.43. The fourth-order valence-corrected chi connectivity index (χ4v) is 6.36. The summed E-state index contributed by atoms with van der Waals surface area (Å²) in [6.07, 6.45) is 1.08. The van der Waals surface area contributed by atoms with Crippen molar-refractivity contribution in [1.82, 2.24) is 9.78 Å². The van der Waals surface area contributed by atoms with Crippen LogP contribution in [0.15, 0.2) is 76.0 Å². The van der Waals surface area contributed by atoms with Crippen LogP contribution in [-0.2, 0) is 4.79 Å². The molecule has 176 valence electrons. The van der Waals surface area contributed by atoms with Gasteiger partial charge >= 0.3 is 0 Å². The predicted molar refractivity (Wildman–Crippen MR) is 142 cm³/mol. The number of hydrogen-bond donors (Lipinski definition) is 2. The second-order valence-corrected chi connectivity index (χ2v) is 10.9. The number of aromatic amines is 1. The molecule has 9 heteroatoms. The molecule has 5 nitrogen and oxygen atoms in total. The van der Waals surface area contributed by atoms with Gasteiger partial charge < -0.3 is 5.32 Å². The first-order valence-corrected chi connectivity index (χ1v) is 13.0. The molecule has 0 saturated heterocycles. The van der Waals surface area contributed by atoms with Gasteiger partial charge in [0, 0.05) is 44.4 Å². The van der Waals surface area contributed by atoms with Crippen LogP contribution in [0.5, 0.6) is 0 Å². The summed E-state index contributed by atoms with van der Waals surface area (Å²) in [6.45, 7) is 0. The van der Waals surface area contributed by atoms with Gasteiger partial charge in [-0.3, -0.25) is 14.7 Å². The van der Waals surface area contributed by atoms with Crippen LogP contribution in [0, 0.1) is 0 Å². The number of allylic oxidation sites excluding steroid dienone is 2. The number of carbonyl (C=O) groups is 1. The minimum Gasteiger partial charge on any atom is -0.343 e. The van der Waals surface area contributed by atoms with Crippen LogP contribution in [0.3, 0.4) is 0 Å². The van der Waals surface area contributed by atoms with Gasteiger partial charge in [-0.15, -0.1) is 11.3 Å². The normalized spacial score (nSPS) is 19.3. The van der Waals surface area contributed by atoms with Crippen molar-refractivity contribution in [3.05, 3.63) is 113 Å². The van der Waals surface area contributed by atoms with Crippen molar-refractivity contribution in [3.63, 3.8) is 0 Å². The molecule has 3 heterocycles. The Labute approximate surface area is 219 Å². The van der Waals surface area contributed by atoms with Crippen molar-refractivity contribution in [2.24, 2.45) is 0 Å². The standard InChI is InChI=1S/C26H18Cl3N3O2S/c27-15-5-3-13(4-6-15)22-23-18(10-14(11-20(23)33)21-2-1-9-35-21)30-25-24(22)26(34)32(31-25)19-12-16(28)7-8-17(19)29/h1-9,12,14,22,30-31H,10-11H2/t14-,22-/m1/s1. The van der Waals surface area contributed by atoms with Gasteiger partial charge in [0.1, 0.15) is 5.82 Å². The van der Waals surface area contributed by atoms with Crippen LogP contribution in [0.25, 0.3) is 5.69 Å². The molecule has 2 aromatic heterocycles. The Balaban J connectivity index is 1.54. The Bertz CT molecular complexity index is 1550. The monoisotopic (exact) mass is 541 g/mol. The van der Waals surface area contributed by atoms with Crippen LogP contribution in [0.1, 0.15) is 40.7 Å². The molecule has 0 spiro atoms. The molecule has 6 rings (SSSR count). The van der Waals surface area contributed by atoms with Crippen molar-refractivity contribution >= 4 is 57.7 Å². The molecule has 0 unspecified atom stereocenters. The molecule has 2 aromatic carbocycles. The summed E-state index contributed by atoms with van der Waals surface area (Å²) in [5, 5.41) is 10.0. The molecule has 0 bridgehead atoms. The third-order valence-electron chi connectivity index (χ3n) is 6.59. The fourth-order valence-electron chi connectivity index (χ4n) is 5.03.